The van der Waals surface area contributed by atoms with Crippen molar-refractivity contribution in [3.8, 4) is 11.8 Å². The number of anilines is 1. The molecule has 0 radical (unpaired) electrons. The molecule has 15 heteroatoms. The van der Waals surface area contributed by atoms with Gasteiger partial charge in [0.2, 0.25) is 17.7 Å². The Kier molecular flexibility index (Phi) is 8.87. The molecule has 0 amide bonds. The molecule has 0 aromatic carbocycles. The molecule has 6 N–H and O–H groups in total. The fourth-order valence-corrected chi connectivity index (χ4v) is 2.25. The molecule has 1 atom stereocenters. The van der Waals surface area contributed by atoms with Crippen LogP contribution in [0.1, 0.15) is 6.92 Å². The van der Waals surface area contributed by atoms with Crippen molar-refractivity contribution in [3.05, 3.63) is 6.07 Å². The van der Waals surface area contributed by atoms with E-state index in [4.69, 9.17) is 44.3 Å². The number of hydrogen-bond donors (Lipinski definition) is 5. The van der Waals surface area contributed by atoms with Crippen LogP contribution in [0.5, 0.6) is 11.8 Å². The summed E-state index contributed by atoms with van der Waals surface area (Å²) < 4.78 is 41.5. The number of ether oxygens (including phenoxy) is 4. The van der Waals surface area contributed by atoms with E-state index in [-0.39, 0.29) is 37.5 Å². The Bertz CT molecular complexity index is 664. The third-order valence-electron chi connectivity index (χ3n) is 2.43. The number of hydrogen-bond acceptors (Lipinski definition) is 9. The first-order valence-corrected chi connectivity index (χ1v) is 10.7. The van der Waals surface area contributed by atoms with Gasteiger partial charge in [0, 0.05) is 0 Å². The summed E-state index contributed by atoms with van der Waals surface area (Å²) in [6, 6.07) is 1.31. The molecular formula is C11H21N3O10P2. The molecule has 0 aliphatic rings. The standard InChI is InChI=1S/C11H21N3O10P2/c1-8(24-7-26(18,19)20)5-23-10-4-9(13-11(12)14-10)22-3-2-21-6-25(15,16)17/h4,8H,2-3,5-7H2,1H3,(H2,12,13,14)(H2,15,16,17)(H2,18,19,20)/t8-/m0/s1. The van der Waals surface area contributed by atoms with E-state index in [9.17, 15) is 9.13 Å². The van der Waals surface area contributed by atoms with Gasteiger partial charge in [-0.05, 0) is 6.92 Å². The maximum Gasteiger partial charge on any atom is 0.350 e. The quantitative estimate of drug-likeness (QED) is 0.215. The molecule has 0 saturated carbocycles. The van der Waals surface area contributed by atoms with Crippen molar-refractivity contribution in [2.24, 2.45) is 0 Å². The number of nitrogens with zero attached hydrogens (tertiary/aromatic N) is 2. The lowest BCUT2D eigenvalue weighted by atomic mass is 10.4. The van der Waals surface area contributed by atoms with Gasteiger partial charge in [-0.2, -0.15) is 9.97 Å². The summed E-state index contributed by atoms with van der Waals surface area (Å²) in [4.78, 5) is 42.3. The van der Waals surface area contributed by atoms with Gasteiger partial charge in [-0.1, -0.05) is 0 Å². The summed E-state index contributed by atoms with van der Waals surface area (Å²) in [6.07, 6.45) is -2.07. The fourth-order valence-electron chi connectivity index (χ4n) is 1.43. The Morgan fingerprint density at radius 2 is 1.62 bits per heavy atom. The molecule has 0 spiro atoms. The van der Waals surface area contributed by atoms with Crippen LogP contribution in [-0.4, -0.2) is 68.2 Å². The Morgan fingerprint density at radius 1 is 1.04 bits per heavy atom. The predicted molar refractivity (Wildman–Crippen MR) is 87.8 cm³/mol. The highest BCUT2D eigenvalue weighted by Crippen LogP contribution is 2.34. The monoisotopic (exact) mass is 417 g/mol. The lowest BCUT2D eigenvalue weighted by Crippen LogP contribution is -2.19. The van der Waals surface area contributed by atoms with E-state index in [1.54, 1.807) is 6.92 Å². The summed E-state index contributed by atoms with van der Waals surface area (Å²) in [5, 5.41) is 0. The van der Waals surface area contributed by atoms with Gasteiger partial charge in [0.25, 0.3) is 0 Å². The minimum Gasteiger partial charge on any atom is -0.475 e. The molecule has 13 nitrogen and oxygen atoms in total. The third kappa shape index (κ3) is 11.3. The Balaban J connectivity index is 2.43. The molecule has 1 aromatic heterocycles. The Hall–Kier alpha value is -1.30. The largest absolute Gasteiger partial charge is 0.475 e. The second kappa shape index (κ2) is 10.1. The van der Waals surface area contributed by atoms with E-state index in [0.29, 0.717) is 0 Å². The first kappa shape index (κ1) is 22.7. The Labute approximate surface area is 148 Å². The van der Waals surface area contributed by atoms with Crippen LogP contribution in [0.25, 0.3) is 0 Å². The fraction of sp³-hybridized carbons (Fsp3) is 0.636. The summed E-state index contributed by atoms with van der Waals surface area (Å²) in [5.41, 5.74) is 5.52. The van der Waals surface area contributed by atoms with Crippen LogP contribution in [0, 0.1) is 0 Å². The number of rotatable bonds is 12. The predicted octanol–water partition coefficient (Wildman–Crippen LogP) is -0.492. The van der Waals surface area contributed by atoms with E-state index in [2.05, 4.69) is 9.97 Å². The van der Waals surface area contributed by atoms with Crippen LogP contribution in [0.4, 0.5) is 5.95 Å². The maximum absolute atomic E-state index is 10.7. The average molecular weight is 417 g/mol. The molecule has 0 fully saturated rings. The normalized spacial score (nSPS) is 13.4. The first-order chi connectivity index (χ1) is 11.9. The van der Waals surface area contributed by atoms with Crippen molar-refractivity contribution >= 4 is 21.1 Å². The van der Waals surface area contributed by atoms with Gasteiger partial charge < -0.3 is 44.3 Å². The van der Waals surface area contributed by atoms with Crippen LogP contribution < -0.4 is 15.2 Å². The van der Waals surface area contributed by atoms with E-state index in [0.717, 1.165) is 0 Å². The van der Waals surface area contributed by atoms with Crippen LogP contribution >= 0.6 is 15.2 Å². The molecule has 0 aliphatic carbocycles. The van der Waals surface area contributed by atoms with Crippen LogP contribution in [0.3, 0.4) is 0 Å². The van der Waals surface area contributed by atoms with Gasteiger partial charge in [0.05, 0.1) is 18.8 Å². The lowest BCUT2D eigenvalue weighted by Gasteiger charge is -2.15. The second-order valence-corrected chi connectivity index (χ2v) is 8.21. The highest BCUT2D eigenvalue weighted by atomic mass is 31.2. The highest BCUT2D eigenvalue weighted by Gasteiger charge is 2.16. The van der Waals surface area contributed by atoms with Crippen molar-refractivity contribution in [3.63, 3.8) is 0 Å². The van der Waals surface area contributed by atoms with Gasteiger partial charge >= 0.3 is 15.2 Å². The minimum atomic E-state index is -4.26. The zero-order valence-electron chi connectivity index (χ0n) is 13.8. The zero-order valence-corrected chi connectivity index (χ0v) is 15.6. The molecule has 1 rings (SSSR count). The number of nitrogen functional groups attached to an aromatic ring is 1. The lowest BCUT2D eigenvalue weighted by molar-refractivity contribution is 0.0491. The van der Waals surface area contributed by atoms with Crippen molar-refractivity contribution in [1.82, 2.24) is 9.97 Å². The van der Waals surface area contributed by atoms with Crippen molar-refractivity contribution < 1.29 is 47.7 Å². The van der Waals surface area contributed by atoms with Gasteiger partial charge in [0.15, 0.2) is 0 Å². The maximum atomic E-state index is 10.7. The summed E-state index contributed by atoms with van der Waals surface area (Å²) in [5.74, 6) is -0.0382. The van der Waals surface area contributed by atoms with Crippen molar-refractivity contribution in [1.29, 1.82) is 0 Å². The van der Waals surface area contributed by atoms with Crippen LogP contribution in [0.15, 0.2) is 6.07 Å². The molecule has 0 aliphatic heterocycles. The van der Waals surface area contributed by atoms with Gasteiger partial charge in [-0.15, -0.1) is 0 Å². The van der Waals surface area contributed by atoms with Crippen molar-refractivity contribution in [2.75, 3.05) is 38.3 Å². The van der Waals surface area contributed by atoms with Crippen LogP contribution in [0.2, 0.25) is 0 Å². The van der Waals surface area contributed by atoms with Crippen LogP contribution in [-0.2, 0) is 18.6 Å². The first-order valence-electron chi connectivity index (χ1n) is 7.13. The summed E-state index contributed by atoms with van der Waals surface area (Å²) in [6.45, 7) is 1.37. The number of aromatic nitrogens is 2. The van der Waals surface area contributed by atoms with E-state index < -0.39 is 34.0 Å². The van der Waals surface area contributed by atoms with Gasteiger partial charge in [-0.3, -0.25) is 9.13 Å². The minimum absolute atomic E-state index is 0.0440. The van der Waals surface area contributed by atoms with E-state index >= 15 is 0 Å². The van der Waals surface area contributed by atoms with E-state index in [1.165, 1.54) is 6.07 Å². The SMILES string of the molecule is C[C@@H](COc1cc(OCCOCP(=O)(O)O)nc(N)n1)OCP(=O)(O)O. The number of nitrogens with two attached hydrogens (primary N) is 1. The molecular weight excluding hydrogens is 396 g/mol. The highest BCUT2D eigenvalue weighted by molar-refractivity contribution is 7.51. The summed E-state index contributed by atoms with van der Waals surface area (Å²) in [7, 11) is -8.50. The molecule has 26 heavy (non-hydrogen) atoms. The Morgan fingerprint density at radius 3 is 2.19 bits per heavy atom. The third-order valence-corrected chi connectivity index (χ3v) is 3.43. The molecule has 1 heterocycles. The topological polar surface area (TPSA) is 204 Å². The molecule has 150 valence electrons. The van der Waals surface area contributed by atoms with Gasteiger partial charge in [0.1, 0.15) is 25.9 Å². The molecule has 0 bridgehead atoms. The molecule has 1 aromatic rings. The van der Waals surface area contributed by atoms with Crippen molar-refractivity contribution in [2.45, 2.75) is 13.0 Å². The van der Waals surface area contributed by atoms with E-state index in [1.807, 2.05) is 0 Å². The zero-order chi connectivity index (χ0) is 19.8. The van der Waals surface area contributed by atoms with Gasteiger partial charge in [-0.25, -0.2) is 0 Å². The smallest absolute Gasteiger partial charge is 0.350 e. The molecule has 0 unspecified atom stereocenters. The summed E-state index contributed by atoms with van der Waals surface area (Å²) >= 11 is 0. The second-order valence-electron chi connectivity index (χ2n) is 5.04. The molecule has 0 saturated heterocycles. The average Bonchev–Trinajstić information content (AvgIpc) is 2.48.